The van der Waals surface area contributed by atoms with Crippen molar-refractivity contribution in [2.24, 2.45) is 5.73 Å². The first-order valence-corrected chi connectivity index (χ1v) is 6.30. The second-order valence-electron chi connectivity index (χ2n) is 4.96. The Morgan fingerprint density at radius 1 is 1.17 bits per heavy atom. The van der Waals surface area contributed by atoms with Crippen LogP contribution in [-0.2, 0) is 5.41 Å². The Morgan fingerprint density at radius 2 is 1.78 bits per heavy atom. The summed E-state index contributed by atoms with van der Waals surface area (Å²) in [6.45, 7) is 0.244. The van der Waals surface area contributed by atoms with E-state index in [-0.39, 0.29) is 37.3 Å². The normalized spacial score (nSPS) is 21.8. The van der Waals surface area contributed by atoms with Gasteiger partial charge in [-0.3, -0.25) is 0 Å². The lowest BCUT2D eigenvalue weighted by Gasteiger charge is -2.40. The molecule has 0 aromatic heterocycles. The summed E-state index contributed by atoms with van der Waals surface area (Å²) in [4.78, 5) is 0. The molecule has 1 aliphatic carbocycles. The maximum Gasteiger partial charge on any atom is 0.248 e. The van der Waals surface area contributed by atoms with Crippen LogP contribution in [0.5, 0.6) is 0 Å². The lowest BCUT2D eigenvalue weighted by atomic mass is 9.68. The van der Waals surface area contributed by atoms with E-state index in [9.17, 15) is 13.2 Å². The zero-order chi connectivity index (χ0) is 13.4. The average Bonchev–Trinajstić information content (AvgIpc) is 2.31. The van der Waals surface area contributed by atoms with Gasteiger partial charge in [0.1, 0.15) is 5.82 Å². The van der Waals surface area contributed by atoms with Crippen molar-refractivity contribution in [2.45, 2.75) is 37.0 Å². The van der Waals surface area contributed by atoms with Gasteiger partial charge in [0.25, 0.3) is 0 Å². The second-order valence-corrected chi connectivity index (χ2v) is 5.37. The van der Waals surface area contributed by atoms with Crippen LogP contribution >= 0.6 is 11.6 Å². The first-order chi connectivity index (χ1) is 8.38. The third-order valence-corrected chi connectivity index (χ3v) is 4.14. The molecule has 0 radical (unpaired) electrons. The first-order valence-electron chi connectivity index (χ1n) is 5.92. The first kappa shape index (κ1) is 13.7. The molecular formula is C13H15ClF3N. The molecule has 5 heteroatoms. The van der Waals surface area contributed by atoms with Crippen LogP contribution in [0.2, 0.25) is 5.02 Å². The number of rotatable bonds is 2. The molecule has 0 bridgehead atoms. The summed E-state index contributed by atoms with van der Waals surface area (Å²) in [5.74, 6) is -3.05. The number of hydrogen-bond acceptors (Lipinski definition) is 1. The summed E-state index contributed by atoms with van der Waals surface area (Å²) in [5, 5.41) is 0.269. The zero-order valence-electron chi connectivity index (χ0n) is 9.86. The summed E-state index contributed by atoms with van der Waals surface area (Å²) in [7, 11) is 0. The molecule has 18 heavy (non-hydrogen) atoms. The van der Waals surface area contributed by atoms with Gasteiger partial charge in [0, 0.05) is 29.8 Å². The molecule has 100 valence electrons. The third kappa shape index (κ3) is 2.50. The number of halogens is 4. The van der Waals surface area contributed by atoms with Crippen molar-refractivity contribution in [1.29, 1.82) is 0 Å². The van der Waals surface area contributed by atoms with Gasteiger partial charge >= 0.3 is 0 Å². The third-order valence-electron chi connectivity index (χ3n) is 3.83. The van der Waals surface area contributed by atoms with Crippen molar-refractivity contribution >= 4 is 11.6 Å². The molecule has 1 saturated carbocycles. The molecule has 1 aromatic rings. The SMILES string of the molecule is NCC1(c2ccc(F)cc2Cl)CCC(F)(F)CC1. The minimum Gasteiger partial charge on any atom is -0.330 e. The maximum absolute atomic E-state index is 13.2. The topological polar surface area (TPSA) is 26.0 Å². The van der Waals surface area contributed by atoms with Gasteiger partial charge in [0.15, 0.2) is 0 Å². The maximum atomic E-state index is 13.2. The van der Waals surface area contributed by atoms with Gasteiger partial charge in [0.2, 0.25) is 5.92 Å². The minimum atomic E-state index is -2.62. The highest BCUT2D eigenvalue weighted by atomic mass is 35.5. The molecule has 0 atom stereocenters. The van der Waals surface area contributed by atoms with Crippen molar-refractivity contribution in [3.05, 3.63) is 34.6 Å². The molecule has 2 N–H and O–H groups in total. The van der Waals surface area contributed by atoms with Crippen LogP contribution in [0.1, 0.15) is 31.2 Å². The number of benzene rings is 1. The Kier molecular flexibility index (Phi) is 3.60. The summed E-state index contributed by atoms with van der Waals surface area (Å²) in [5.41, 5.74) is 5.90. The van der Waals surface area contributed by atoms with Crippen molar-refractivity contribution in [2.75, 3.05) is 6.54 Å². The highest BCUT2D eigenvalue weighted by molar-refractivity contribution is 6.31. The monoisotopic (exact) mass is 277 g/mol. The largest absolute Gasteiger partial charge is 0.330 e. The molecule has 0 amide bonds. The standard InChI is InChI=1S/C13H15ClF3N/c14-11-7-9(15)1-2-10(11)12(8-18)3-5-13(16,17)6-4-12/h1-2,7H,3-6,8,18H2. The molecule has 0 aliphatic heterocycles. The van der Waals surface area contributed by atoms with E-state index in [2.05, 4.69) is 0 Å². The quantitative estimate of drug-likeness (QED) is 0.872. The predicted octanol–water partition coefficient (Wildman–Crippen LogP) is 3.88. The highest BCUT2D eigenvalue weighted by Gasteiger charge is 2.44. The fourth-order valence-corrected chi connectivity index (χ4v) is 2.96. The van der Waals surface area contributed by atoms with Crippen molar-refractivity contribution in [1.82, 2.24) is 0 Å². The summed E-state index contributed by atoms with van der Waals surface area (Å²) in [6.07, 6.45) is 0.166. The molecule has 0 saturated heterocycles. The molecule has 1 aromatic carbocycles. The summed E-state index contributed by atoms with van der Waals surface area (Å²) >= 11 is 6.02. The van der Waals surface area contributed by atoms with E-state index in [1.165, 1.54) is 12.1 Å². The molecule has 1 aliphatic rings. The van der Waals surface area contributed by atoms with Gasteiger partial charge < -0.3 is 5.73 Å². The summed E-state index contributed by atoms with van der Waals surface area (Å²) in [6, 6.07) is 4.07. The number of nitrogens with two attached hydrogens (primary N) is 1. The Labute approximate surface area is 109 Å². The average molecular weight is 278 g/mol. The Bertz CT molecular complexity index is 438. The van der Waals surface area contributed by atoms with E-state index >= 15 is 0 Å². The van der Waals surface area contributed by atoms with Gasteiger partial charge in [-0.15, -0.1) is 0 Å². The Morgan fingerprint density at radius 3 is 2.28 bits per heavy atom. The molecule has 2 rings (SSSR count). The lowest BCUT2D eigenvalue weighted by molar-refractivity contribution is -0.0509. The van der Waals surface area contributed by atoms with E-state index in [0.717, 1.165) is 0 Å². The highest BCUT2D eigenvalue weighted by Crippen LogP contribution is 2.46. The van der Waals surface area contributed by atoms with Crippen LogP contribution in [0.3, 0.4) is 0 Å². The van der Waals surface area contributed by atoms with Gasteiger partial charge in [0.05, 0.1) is 0 Å². The van der Waals surface area contributed by atoms with Crippen molar-refractivity contribution in [3.63, 3.8) is 0 Å². The Balaban J connectivity index is 2.33. The van der Waals surface area contributed by atoms with E-state index in [4.69, 9.17) is 17.3 Å². The van der Waals surface area contributed by atoms with E-state index in [0.29, 0.717) is 5.56 Å². The van der Waals surface area contributed by atoms with E-state index in [1.807, 2.05) is 0 Å². The van der Waals surface area contributed by atoms with Gasteiger partial charge in [-0.1, -0.05) is 17.7 Å². The summed E-state index contributed by atoms with van der Waals surface area (Å²) < 4.78 is 39.5. The van der Waals surface area contributed by atoms with Crippen LogP contribution < -0.4 is 5.73 Å². The number of hydrogen-bond donors (Lipinski definition) is 1. The second kappa shape index (κ2) is 4.74. The van der Waals surface area contributed by atoms with Gasteiger partial charge in [-0.05, 0) is 30.5 Å². The zero-order valence-corrected chi connectivity index (χ0v) is 10.6. The smallest absolute Gasteiger partial charge is 0.248 e. The molecular weight excluding hydrogens is 263 g/mol. The van der Waals surface area contributed by atoms with Crippen LogP contribution in [-0.4, -0.2) is 12.5 Å². The van der Waals surface area contributed by atoms with Crippen LogP contribution in [0, 0.1) is 5.82 Å². The lowest BCUT2D eigenvalue weighted by Crippen LogP contribution is -2.42. The van der Waals surface area contributed by atoms with Crippen LogP contribution in [0.25, 0.3) is 0 Å². The minimum absolute atomic E-state index is 0.197. The van der Waals surface area contributed by atoms with Crippen molar-refractivity contribution in [3.8, 4) is 0 Å². The van der Waals surface area contributed by atoms with Gasteiger partial charge in [-0.2, -0.15) is 0 Å². The van der Waals surface area contributed by atoms with Crippen LogP contribution in [0.15, 0.2) is 18.2 Å². The fourth-order valence-electron chi connectivity index (χ4n) is 2.60. The van der Waals surface area contributed by atoms with Crippen molar-refractivity contribution < 1.29 is 13.2 Å². The van der Waals surface area contributed by atoms with E-state index < -0.39 is 17.2 Å². The van der Waals surface area contributed by atoms with Gasteiger partial charge in [-0.25, -0.2) is 13.2 Å². The molecule has 0 heterocycles. The molecule has 1 fully saturated rings. The Hall–Kier alpha value is -0.740. The fraction of sp³-hybridized carbons (Fsp3) is 0.538. The molecule has 0 unspecified atom stereocenters. The molecule has 0 spiro atoms. The molecule has 1 nitrogen and oxygen atoms in total. The number of alkyl halides is 2. The van der Waals surface area contributed by atoms with Crippen LogP contribution in [0.4, 0.5) is 13.2 Å². The predicted molar refractivity (Wildman–Crippen MR) is 65.6 cm³/mol. The van der Waals surface area contributed by atoms with E-state index in [1.54, 1.807) is 6.07 Å².